The molecule has 0 aliphatic rings. The number of non-ortho nitro benzene ring substituents is 1. The highest BCUT2D eigenvalue weighted by Gasteiger charge is 2.13. The van der Waals surface area contributed by atoms with Crippen molar-refractivity contribution in [2.75, 3.05) is 14.2 Å². The van der Waals surface area contributed by atoms with Crippen LogP contribution in [0.15, 0.2) is 94.5 Å². The topological polar surface area (TPSA) is 164 Å². The number of nitrogens with zero attached hydrogens (tertiary/aromatic N) is 3. The Balaban J connectivity index is 1.96. The zero-order chi connectivity index (χ0) is 27.7. The standard InChI is InChI=1S/C27H23N3O8/c1-37-25-15-17(3-11-21(25)31)5-13-23(33)27(29-28-19-7-9-20(10-8-19)30(35)36)24(34)14-6-18-4-12-22(32)26(16-18)38-2/h3-16,31-33H,1-2H3/b13-5+,14-6+,27-23?,29-28?. The highest BCUT2D eigenvalue weighted by atomic mass is 16.6. The third-order valence-corrected chi connectivity index (χ3v) is 5.07. The number of aliphatic hydroxyl groups is 1. The first-order valence-corrected chi connectivity index (χ1v) is 11.0. The molecule has 0 aliphatic carbocycles. The minimum atomic E-state index is -0.701. The van der Waals surface area contributed by atoms with Gasteiger partial charge in [0.15, 0.2) is 28.7 Å². The van der Waals surface area contributed by atoms with Crippen LogP contribution >= 0.6 is 0 Å². The highest BCUT2D eigenvalue weighted by molar-refractivity contribution is 6.06. The minimum Gasteiger partial charge on any atom is -0.505 e. The van der Waals surface area contributed by atoms with Gasteiger partial charge in [0.1, 0.15) is 5.76 Å². The van der Waals surface area contributed by atoms with E-state index in [2.05, 4.69) is 10.2 Å². The smallest absolute Gasteiger partial charge is 0.269 e. The summed E-state index contributed by atoms with van der Waals surface area (Å²) in [5, 5.41) is 48.9. The van der Waals surface area contributed by atoms with Gasteiger partial charge in [-0.1, -0.05) is 24.3 Å². The van der Waals surface area contributed by atoms with Crippen molar-refractivity contribution in [1.82, 2.24) is 0 Å². The van der Waals surface area contributed by atoms with E-state index in [0.717, 1.165) is 6.08 Å². The summed E-state index contributed by atoms with van der Waals surface area (Å²) in [6.45, 7) is 0. The molecule has 194 valence electrons. The molecule has 3 aromatic carbocycles. The van der Waals surface area contributed by atoms with Crippen LogP contribution in [0.5, 0.6) is 23.0 Å². The van der Waals surface area contributed by atoms with Gasteiger partial charge < -0.3 is 24.8 Å². The van der Waals surface area contributed by atoms with Crippen molar-refractivity contribution in [2.24, 2.45) is 10.2 Å². The van der Waals surface area contributed by atoms with Crippen LogP contribution in [0.1, 0.15) is 11.1 Å². The monoisotopic (exact) mass is 517 g/mol. The van der Waals surface area contributed by atoms with Crippen molar-refractivity contribution < 1.29 is 34.5 Å². The molecule has 0 bridgehead atoms. The maximum absolute atomic E-state index is 13.0. The molecule has 11 heteroatoms. The lowest BCUT2D eigenvalue weighted by Crippen LogP contribution is -1.99. The number of azo groups is 1. The van der Waals surface area contributed by atoms with Gasteiger partial charge in [0.05, 0.1) is 24.8 Å². The molecule has 0 fully saturated rings. The number of ether oxygens (including phenoxy) is 2. The number of aliphatic hydroxyl groups excluding tert-OH is 1. The van der Waals surface area contributed by atoms with Crippen molar-refractivity contribution >= 4 is 29.3 Å². The summed E-state index contributed by atoms with van der Waals surface area (Å²) in [5.74, 6) is -0.913. The maximum atomic E-state index is 13.0. The molecule has 0 radical (unpaired) electrons. The Morgan fingerprint density at radius 2 is 1.39 bits per heavy atom. The number of benzene rings is 3. The largest absolute Gasteiger partial charge is 0.505 e. The van der Waals surface area contributed by atoms with Crippen LogP contribution in [0.4, 0.5) is 11.4 Å². The molecule has 0 amide bonds. The summed E-state index contributed by atoms with van der Waals surface area (Å²) >= 11 is 0. The van der Waals surface area contributed by atoms with Crippen LogP contribution in [0.25, 0.3) is 12.2 Å². The second-order valence-electron chi connectivity index (χ2n) is 7.60. The molecule has 0 spiro atoms. The summed E-state index contributed by atoms with van der Waals surface area (Å²) in [4.78, 5) is 23.3. The summed E-state index contributed by atoms with van der Waals surface area (Å²) in [6, 6.07) is 14.1. The van der Waals surface area contributed by atoms with E-state index in [-0.39, 0.29) is 34.4 Å². The number of carbonyl (C=O) groups excluding carboxylic acids is 1. The Morgan fingerprint density at radius 3 is 1.89 bits per heavy atom. The average Bonchev–Trinajstić information content (AvgIpc) is 2.92. The van der Waals surface area contributed by atoms with Crippen molar-refractivity contribution in [3.63, 3.8) is 0 Å². The number of nitro groups is 1. The Hall–Kier alpha value is -5.45. The second kappa shape index (κ2) is 12.5. The fourth-order valence-electron chi connectivity index (χ4n) is 3.08. The quantitative estimate of drug-likeness (QED) is 0.0750. The summed E-state index contributed by atoms with van der Waals surface area (Å²) in [5.41, 5.74) is 0.751. The molecule has 3 aromatic rings. The Morgan fingerprint density at radius 1 is 0.868 bits per heavy atom. The van der Waals surface area contributed by atoms with E-state index in [1.165, 1.54) is 81.0 Å². The lowest BCUT2D eigenvalue weighted by atomic mass is 10.1. The fraction of sp³-hybridized carbons (Fsp3) is 0.0741. The van der Waals surface area contributed by atoms with Gasteiger partial charge in [-0.15, -0.1) is 5.11 Å². The number of carbonyl (C=O) groups is 1. The molecule has 0 heterocycles. The van der Waals surface area contributed by atoms with Gasteiger partial charge >= 0.3 is 0 Å². The molecule has 3 N–H and O–H groups in total. The summed E-state index contributed by atoms with van der Waals surface area (Å²) in [6.07, 6.45) is 5.29. The first kappa shape index (κ1) is 27.1. The SMILES string of the molecule is COc1cc(/C=C/C(=O)C(N=Nc2ccc([N+](=O)[O-])cc2)=C(O)/C=C/c2ccc(O)c(OC)c2)ccc1O. The summed E-state index contributed by atoms with van der Waals surface area (Å²) < 4.78 is 10.1. The number of ketones is 1. The van der Waals surface area contributed by atoms with Gasteiger partial charge in [-0.05, 0) is 59.7 Å². The molecule has 11 nitrogen and oxygen atoms in total. The van der Waals surface area contributed by atoms with E-state index in [1.807, 2.05) is 0 Å². The van der Waals surface area contributed by atoms with Crippen LogP contribution in [0.2, 0.25) is 0 Å². The lowest BCUT2D eigenvalue weighted by Gasteiger charge is -2.04. The Kier molecular flexibility index (Phi) is 8.92. The van der Waals surface area contributed by atoms with E-state index >= 15 is 0 Å². The van der Waals surface area contributed by atoms with Crippen molar-refractivity contribution in [3.8, 4) is 23.0 Å². The van der Waals surface area contributed by atoms with Gasteiger partial charge in [0, 0.05) is 12.1 Å². The molecule has 0 aliphatic heterocycles. The second-order valence-corrected chi connectivity index (χ2v) is 7.60. The molecule has 0 aromatic heterocycles. The number of hydrogen-bond donors (Lipinski definition) is 3. The molecule has 38 heavy (non-hydrogen) atoms. The molecule has 0 saturated carbocycles. The fourth-order valence-corrected chi connectivity index (χ4v) is 3.08. The van der Waals surface area contributed by atoms with Gasteiger partial charge in [-0.2, -0.15) is 5.11 Å². The first-order valence-electron chi connectivity index (χ1n) is 11.0. The number of phenols is 2. The van der Waals surface area contributed by atoms with E-state index in [1.54, 1.807) is 12.1 Å². The third kappa shape index (κ3) is 7.04. The molecular weight excluding hydrogens is 494 g/mol. The Bertz CT molecular complexity index is 1460. The maximum Gasteiger partial charge on any atom is 0.269 e. The lowest BCUT2D eigenvalue weighted by molar-refractivity contribution is -0.384. The number of methoxy groups -OCH3 is 2. The van der Waals surface area contributed by atoms with E-state index in [4.69, 9.17) is 9.47 Å². The zero-order valence-electron chi connectivity index (χ0n) is 20.3. The number of aromatic hydroxyl groups is 2. The number of hydrogen-bond acceptors (Lipinski definition) is 10. The predicted molar refractivity (Wildman–Crippen MR) is 140 cm³/mol. The van der Waals surface area contributed by atoms with E-state index in [0.29, 0.717) is 11.1 Å². The first-order chi connectivity index (χ1) is 18.2. The third-order valence-electron chi connectivity index (χ3n) is 5.07. The van der Waals surface area contributed by atoms with Gasteiger partial charge in [0.25, 0.3) is 5.69 Å². The van der Waals surface area contributed by atoms with E-state index < -0.39 is 22.2 Å². The molecule has 0 saturated heterocycles. The number of nitro benzene ring substituents is 1. The normalized spacial score (nSPS) is 12.2. The summed E-state index contributed by atoms with van der Waals surface area (Å²) in [7, 11) is 2.78. The van der Waals surface area contributed by atoms with Crippen molar-refractivity contribution in [3.05, 3.63) is 106 Å². The average molecular weight is 517 g/mol. The number of rotatable bonds is 10. The number of allylic oxidation sites excluding steroid dienone is 2. The van der Waals surface area contributed by atoms with E-state index in [9.17, 15) is 30.2 Å². The van der Waals surface area contributed by atoms with Crippen LogP contribution in [-0.4, -0.2) is 40.2 Å². The van der Waals surface area contributed by atoms with Crippen LogP contribution in [0, 0.1) is 10.1 Å². The molecule has 3 rings (SSSR count). The highest BCUT2D eigenvalue weighted by Crippen LogP contribution is 2.28. The predicted octanol–water partition coefficient (Wildman–Crippen LogP) is 5.87. The van der Waals surface area contributed by atoms with Gasteiger partial charge in [-0.25, -0.2) is 0 Å². The van der Waals surface area contributed by atoms with Gasteiger partial charge in [0.2, 0.25) is 5.78 Å². The number of phenolic OH excluding ortho intramolecular Hbond substituents is 2. The molecular formula is C27H23N3O8. The van der Waals surface area contributed by atoms with Crippen LogP contribution in [0.3, 0.4) is 0 Å². The molecule has 0 atom stereocenters. The molecule has 0 unspecified atom stereocenters. The van der Waals surface area contributed by atoms with Gasteiger partial charge in [-0.3, -0.25) is 14.9 Å². The van der Waals surface area contributed by atoms with Crippen molar-refractivity contribution in [2.45, 2.75) is 0 Å². The van der Waals surface area contributed by atoms with Crippen LogP contribution in [-0.2, 0) is 4.79 Å². The van der Waals surface area contributed by atoms with Crippen molar-refractivity contribution in [1.29, 1.82) is 0 Å². The zero-order valence-corrected chi connectivity index (χ0v) is 20.3. The Labute approximate surface area is 217 Å². The minimum absolute atomic E-state index is 0.0619. The van der Waals surface area contributed by atoms with Crippen LogP contribution < -0.4 is 9.47 Å².